The standard InChI is InChI=1S/C10H16N4/c1-14-10(8-2-3-8)12-9(13-14)4-7-5-11-6-7/h7-8,11H,2-6H2,1H3. The molecular formula is C10H16N4. The van der Waals surface area contributed by atoms with Crippen LogP contribution < -0.4 is 5.32 Å². The second-order valence-electron chi connectivity index (χ2n) is 4.51. The van der Waals surface area contributed by atoms with Crippen molar-refractivity contribution in [3.63, 3.8) is 0 Å². The van der Waals surface area contributed by atoms with E-state index in [1.807, 2.05) is 11.7 Å². The fourth-order valence-corrected chi connectivity index (χ4v) is 1.99. The van der Waals surface area contributed by atoms with Crippen LogP contribution in [-0.4, -0.2) is 27.9 Å². The summed E-state index contributed by atoms with van der Waals surface area (Å²) in [7, 11) is 2.02. The molecule has 0 bridgehead atoms. The van der Waals surface area contributed by atoms with Crippen molar-refractivity contribution in [1.82, 2.24) is 20.1 Å². The minimum atomic E-state index is 0.709. The van der Waals surface area contributed by atoms with Gasteiger partial charge in [0.25, 0.3) is 0 Å². The third-order valence-corrected chi connectivity index (χ3v) is 3.12. The van der Waals surface area contributed by atoms with Gasteiger partial charge in [-0.15, -0.1) is 0 Å². The number of nitrogens with one attached hydrogen (secondary N) is 1. The Morgan fingerprint density at radius 3 is 2.79 bits per heavy atom. The van der Waals surface area contributed by atoms with Crippen molar-refractivity contribution in [3.8, 4) is 0 Å². The van der Waals surface area contributed by atoms with Gasteiger partial charge in [0.1, 0.15) is 5.82 Å². The number of aromatic nitrogens is 3. The predicted octanol–water partition coefficient (Wildman–Crippen LogP) is 0.454. The van der Waals surface area contributed by atoms with Crippen LogP contribution in [0.25, 0.3) is 0 Å². The first-order valence-electron chi connectivity index (χ1n) is 5.43. The summed E-state index contributed by atoms with van der Waals surface area (Å²) in [5.41, 5.74) is 0. The number of aryl methyl sites for hydroxylation is 1. The summed E-state index contributed by atoms with van der Waals surface area (Å²) in [5.74, 6) is 3.72. The second-order valence-corrected chi connectivity index (χ2v) is 4.51. The first kappa shape index (κ1) is 8.41. The highest BCUT2D eigenvalue weighted by atomic mass is 15.3. The molecule has 76 valence electrons. The molecule has 1 saturated carbocycles. The van der Waals surface area contributed by atoms with Crippen LogP contribution in [0.3, 0.4) is 0 Å². The molecule has 1 aliphatic heterocycles. The maximum atomic E-state index is 4.62. The zero-order valence-corrected chi connectivity index (χ0v) is 8.53. The third kappa shape index (κ3) is 1.43. The summed E-state index contributed by atoms with van der Waals surface area (Å²) in [6.07, 6.45) is 3.65. The van der Waals surface area contributed by atoms with Gasteiger partial charge >= 0.3 is 0 Å². The summed E-state index contributed by atoms with van der Waals surface area (Å²) in [4.78, 5) is 4.62. The van der Waals surface area contributed by atoms with Gasteiger partial charge in [-0.1, -0.05) is 0 Å². The molecular weight excluding hydrogens is 176 g/mol. The van der Waals surface area contributed by atoms with Gasteiger partial charge in [0.05, 0.1) is 0 Å². The van der Waals surface area contributed by atoms with E-state index in [0.717, 1.165) is 31.3 Å². The molecule has 0 amide bonds. The Kier molecular flexibility index (Phi) is 1.83. The van der Waals surface area contributed by atoms with Gasteiger partial charge in [-0.25, -0.2) is 4.98 Å². The number of nitrogens with zero attached hydrogens (tertiary/aromatic N) is 3. The van der Waals surface area contributed by atoms with Crippen molar-refractivity contribution in [2.75, 3.05) is 13.1 Å². The van der Waals surface area contributed by atoms with E-state index in [-0.39, 0.29) is 0 Å². The average molecular weight is 192 g/mol. The third-order valence-electron chi connectivity index (χ3n) is 3.12. The lowest BCUT2D eigenvalue weighted by molar-refractivity contribution is 0.341. The van der Waals surface area contributed by atoms with Gasteiger partial charge < -0.3 is 5.32 Å². The Morgan fingerprint density at radius 1 is 1.43 bits per heavy atom. The van der Waals surface area contributed by atoms with E-state index in [4.69, 9.17) is 0 Å². The van der Waals surface area contributed by atoms with E-state index >= 15 is 0 Å². The Labute approximate surface area is 83.7 Å². The normalized spacial score (nSPS) is 22.4. The van der Waals surface area contributed by atoms with E-state index in [0.29, 0.717) is 5.92 Å². The highest BCUT2D eigenvalue weighted by Gasteiger charge is 2.29. The van der Waals surface area contributed by atoms with Crippen LogP contribution in [0, 0.1) is 5.92 Å². The average Bonchev–Trinajstić information content (AvgIpc) is 2.85. The molecule has 2 aliphatic rings. The van der Waals surface area contributed by atoms with E-state index in [1.54, 1.807) is 0 Å². The highest BCUT2D eigenvalue weighted by molar-refractivity contribution is 5.07. The van der Waals surface area contributed by atoms with Crippen LogP contribution in [0.2, 0.25) is 0 Å². The summed E-state index contributed by atoms with van der Waals surface area (Å²) in [6.45, 7) is 2.27. The molecule has 4 heteroatoms. The van der Waals surface area contributed by atoms with E-state index < -0.39 is 0 Å². The van der Waals surface area contributed by atoms with Crippen LogP contribution in [-0.2, 0) is 13.5 Å². The van der Waals surface area contributed by atoms with Crippen LogP contribution in [0.4, 0.5) is 0 Å². The lowest BCUT2D eigenvalue weighted by Crippen LogP contribution is -2.43. The van der Waals surface area contributed by atoms with Gasteiger partial charge in [0.2, 0.25) is 0 Å². The van der Waals surface area contributed by atoms with Crippen LogP contribution >= 0.6 is 0 Å². The molecule has 0 aromatic carbocycles. The monoisotopic (exact) mass is 192 g/mol. The van der Waals surface area contributed by atoms with Crippen molar-refractivity contribution in [1.29, 1.82) is 0 Å². The first-order chi connectivity index (χ1) is 6.83. The summed E-state index contributed by atoms with van der Waals surface area (Å²) in [5, 5.41) is 7.75. The maximum Gasteiger partial charge on any atom is 0.151 e. The van der Waals surface area contributed by atoms with Gasteiger partial charge in [-0.05, 0) is 31.8 Å². The number of hydrogen-bond donors (Lipinski definition) is 1. The Balaban J connectivity index is 1.74. The summed E-state index contributed by atoms with van der Waals surface area (Å²) >= 11 is 0. The zero-order chi connectivity index (χ0) is 9.54. The SMILES string of the molecule is Cn1nc(CC2CNC2)nc1C1CC1. The summed E-state index contributed by atoms with van der Waals surface area (Å²) in [6, 6.07) is 0. The fourth-order valence-electron chi connectivity index (χ4n) is 1.99. The quantitative estimate of drug-likeness (QED) is 0.756. The van der Waals surface area contributed by atoms with Crippen LogP contribution in [0.15, 0.2) is 0 Å². The molecule has 14 heavy (non-hydrogen) atoms. The lowest BCUT2D eigenvalue weighted by atomic mass is 9.99. The van der Waals surface area contributed by atoms with Gasteiger partial charge in [0.15, 0.2) is 5.82 Å². The predicted molar refractivity (Wildman–Crippen MR) is 53.0 cm³/mol. The molecule has 2 heterocycles. The Hall–Kier alpha value is -0.900. The van der Waals surface area contributed by atoms with Crippen molar-refractivity contribution in [2.24, 2.45) is 13.0 Å². The topological polar surface area (TPSA) is 42.7 Å². The minimum absolute atomic E-state index is 0.709. The smallest absolute Gasteiger partial charge is 0.151 e. The Bertz CT molecular complexity index is 336. The molecule has 1 aromatic rings. The van der Waals surface area contributed by atoms with Crippen molar-refractivity contribution < 1.29 is 0 Å². The molecule has 1 N–H and O–H groups in total. The zero-order valence-electron chi connectivity index (χ0n) is 8.53. The van der Waals surface area contributed by atoms with Gasteiger partial charge in [-0.2, -0.15) is 5.10 Å². The second kappa shape index (κ2) is 3.05. The molecule has 1 saturated heterocycles. The molecule has 2 fully saturated rings. The van der Waals surface area contributed by atoms with E-state index in [2.05, 4.69) is 15.4 Å². The largest absolute Gasteiger partial charge is 0.316 e. The van der Waals surface area contributed by atoms with E-state index in [1.165, 1.54) is 18.7 Å². The van der Waals surface area contributed by atoms with Crippen LogP contribution in [0.1, 0.15) is 30.4 Å². The molecule has 0 spiro atoms. The minimum Gasteiger partial charge on any atom is -0.316 e. The van der Waals surface area contributed by atoms with Gasteiger partial charge in [0, 0.05) is 19.4 Å². The molecule has 1 aromatic heterocycles. The number of rotatable bonds is 3. The van der Waals surface area contributed by atoms with Gasteiger partial charge in [-0.3, -0.25) is 4.68 Å². The maximum absolute atomic E-state index is 4.62. The summed E-state index contributed by atoms with van der Waals surface area (Å²) < 4.78 is 1.97. The van der Waals surface area contributed by atoms with Crippen molar-refractivity contribution in [3.05, 3.63) is 11.6 Å². The molecule has 0 atom stereocenters. The molecule has 3 rings (SSSR count). The van der Waals surface area contributed by atoms with Crippen molar-refractivity contribution >= 4 is 0 Å². The fraction of sp³-hybridized carbons (Fsp3) is 0.800. The molecule has 1 aliphatic carbocycles. The van der Waals surface area contributed by atoms with E-state index in [9.17, 15) is 0 Å². The molecule has 0 unspecified atom stereocenters. The highest BCUT2D eigenvalue weighted by Crippen LogP contribution is 2.38. The molecule has 4 nitrogen and oxygen atoms in total. The molecule has 0 radical (unpaired) electrons. The lowest BCUT2D eigenvalue weighted by Gasteiger charge is -2.25. The number of hydrogen-bond acceptors (Lipinski definition) is 3. The van der Waals surface area contributed by atoms with Crippen LogP contribution in [0.5, 0.6) is 0 Å². The Morgan fingerprint density at radius 2 is 2.21 bits per heavy atom. The van der Waals surface area contributed by atoms with Crippen molar-refractivity contribution in [2.45, 2.75) is 25.2 Å². The first-order valence-corrected chi connectivity index (χ1v) is 5.43.